The van der Waals surface area contributed by atoms with Crippen LogP contribution >= 0.6 is 11.6 Å². The summed E-state index contributed by atoms with van der Waals surface area (Å²) in [6, 6.07) is 7.00. The van der Waals surface area contributed by atoms with Crippen LogP contribution in [0.2, 0.25) is 5.02 Å². The minimum Gasteiger partial charge on any atom is -0.326 e. The lowest BCUT2D eigenvalue weighted by Crippen LogP contribution is -2.40. The summed E-state index contributed by atoms with van der Waals surface area (Å²) in [5.74, 6) is 0. The van der Waals surface area contributed by atoms with Crippen LogP contribution in [0, 0.1) is 0 Å². The molecule has 1 unspecified atom stereocenters. The number of rotatable bonds is 4. The van der Waals surface area contributed by atoms with Gasteiger partial charge in [-0.15, -0.1) is 0 Å². The Morgan fingerprint density at radius 1 is 1.14 bits per heavy atom. The van der Waals surface area contributed by atoms with Crippen LogP contribution in [-0.2, 0) is 13.1 Å². The average Bonchev–Trinajstić information content (AvgIpc) is 2.99. The summed E-state index contributed by atoms with van der Waals surface area (Å²) < 4.78 is 0. The SMILES string of the molecule is NCc1ccc(CN2CCC(N3CCCCC3)C2)c(Cl)c1. The number of piperidine rings is 1. The quantitative estimate of drug-likeness (QED) is 0.928. The molecule has 1 aromatic rings. The summed E-state index contributed by atoms with van der Waals surface area (Å²) in [5, 5.41) is 0.861. The lowest BCUT2D eigenvalue weighted by molar-refractivity contribution is 0.161. The molecule has 0 bridgehead atoms. The van der Waals surface area contributed by atoms with E-state index in [0.29, 0.717) is 6.54 Å². The van der Waals surface area contributed by atoms with Crippen molar-refractivity contribution in [3.63, 3.8) is 0 Å². The Kier molecular flexibility index (Phi) is 5.17. The minimum absolute atomic E-state index is 0.556. The number of nitrogens with two attached hydrogens (primary N) is 1. The van der Waals surface area contributed by atoms with Crippen LogP contribution in [-0.4, -0.2) is 42.0 Å². The number of nitrogens with zero attached hydrogens (tertiary/aromatic N) is 2. The first kappa shape index (κ1) is 15.3. The fraction of sp³-hybridized carbons (Fsp3) is 0.647. The highest BCUT2D eigenvalue weighted by Gasteiger charge is 2.28. The van der Waals surface area contributed by atoms with E-state index in [4.69, 9.17) is 17.3 Å². The third-order valence-electron chi connectivity index (χ3n) is 4.90. The van der Waals surface area contributed by atoms with Gasteiger partial charge < -0.3 is 5.73 Å². The molecule has 2 N–H and O–H groups in total. The van der Waals surface area contributed by atoms with Crippen molar-refractivity contribution in [1.82, 2.24) is 9.80 Å². The van der Waals surface area contributed by atoms with Crippen molar-refractivity contribution in [2.24, 2.45) is 5.73 Å². The first-order valence-corrected chi connectivity index (χ1v) is 8.58. The van der Waals surface area contributed by atoms with Gasteiger partial charge in [0.15, 0.2) is 0 Å². The summed E-state index contributed by atoms with van der Waals surface area (Å²) in [4.78, 5) is 5.24. The fourth-order valence-electron chi connectivity index (χ4n) is 3.62. The normalized spacial score (nSPS) is 24.6. The van der Waals surface area contributed by atoms with Crippen molar-refractivity contribution >= 4 is 11.6 Å². The Labute approximate surface area is 133 Å². The molecule has 116 valence electrons. The van der Waals surface area contributed by atoms with Gasteiger partial charge in [0, 0.05) is 37.2 Å². The van der Waals surface area contributed by atoms with Crippen LogP contribution in [0.5, 0.6) is 0 Å². The molecule has 0 saturated carbocycles. The molecule has 3 rings (SSSR count). The molecule has 2 fully saturated rings. The van der Waals surface area contributed by atoms with E-state index >= 15 is 0 Å². The average molecular weight is 308 g/mol. The number of hydrogen-bond acceptors (Lipinski definition) is 3. The van der Waals surface area contributed by atoms with Crippen molar-refractivity contribution in [3.05, 3.63) is 34.3 Å². The third kappa shape index (κ3) is 3.78. The predicted octanol–water partition coefficient (Wildman–Crippen LogP) is 2.86. The monoisotopic (exact) mass is 307 g/mol. The van der Waals surface area contributed by atoms with Crippen LogP contribution in [0.25, 0.3) is 0 Å². The predicted molar refractivity (Wildman–Crippen MR) is 88.4 cm³/mol. The van der Waals surface area contributed by atoms with Crippen molar-refractivity contribution in [2.75, 3.05) is 26.2 Å². The molecule has 2 heterocycles. The van der Waals surface area contributed by atoms with Gasteiger partial charge in [0.05, 0.1) is 0 Å². The van der Waals surface area contributed by atoms with Crippen LogP contribution in [0.15, 0.2) is 18.2 Å². The van der Waals surface area contributed by atoms with Crippen LogP contribution < -0.4 is 5.73 Å². The van der Waals surface area contributed by atoms with E-state index in [1.165, 1.54) is 57.4 Å². The van der Waals surface area contributed by atoms with E-state index in [-0.39, 0.29) is 0 Å². The zero-order valence-electron chi connectivity index (χ0n) is 12.7. The molecule has 1 aromatic carbocycles. The van der Waals surface area contributed by atoms with Crippen molar-refractivity contribution in [1.29, 1.82) is 0 Å². The maximum absolute atomic E-state index is 6.38. The van der Waals surface area contributed by atoms with E-state index in [9.17, 15) is 0 Å². The lowest BCUT2D eigenvalue weighted by Gasteiger charge is -2.32. The number of benzene rings is 1. The van der Waals surface area contributed by atoms with E-state index in [1.807, 2.05) is 6.07 Å². The smallest absolute Gasteiger partial charge is 0.0454 e. The van der Waals surface area contributed by atoms with Gasteiger partial charge in [0.1, 0.15) is 0 Å². The Bertz CT molecular complexity index is 471. The van der Waals surface area contributed by atoms with E-state index < -0.39 is 0 Å². The van der Waals surface area contributed by atoms with Gasteiger partial charge in [-0.1, -0.05) is 30.2 Å². The zero-order chi connectivity index (χ0) is 14.7. The molecule has 0 radical (unpaired) electrons. The highest BCUT2D eigenvalue weighted by Crippen LogP contribution is 2.24. The van der Waals surface area contributed by atoms with Crippen LogP contribution in [0.3, 0.4) is 0 Å². The first-order chi connectivity index (χ1) is 10.3. The van der Waals surface area contributed by atoms with E-state index in [1.54, 1.807) is 0 Å². The molecule has 0 amide bonds. The largest absolute Gasteiger partial charge is 0.326 e. The molecule has 0 spiro atoms. The number of hydrogen-bond donors (Lipinski definition) is 1. The molecule has 3 nitrogen and oxygen atoms in total. The van der Waals surface area contributed by atoms with E-state index in [2.05, 4.69) is 21.9 Å². The summed E-state index contributed by atoms with van der Waals surface area (Å²) >= 11 is 6.38. The highest BCUT2D eigenvalue weighted by atomic mass is 35.5. The number of halogens is 1. The van der Waals surface area contributed by atoms with Crippen molar-refractivity contribution in [3.8, 4) is 0 Å². The van der Waals surface area contributed by atoms with Crippen molar-refractivity contribution < 1.29 is 0 Å². The van der Waals surface area contributed by atoms with Gasteiger partial charge >= 0.3 is 0 Å². The van der Waals surface area contributed by atoms with Crippen LogP contribution in [0.4, 0.5) is 0 Å². The molecule has 2 aliphatic rings. The summed E-state index contributed by atoms with van der Waals surface area (Å²) in [6.45, 7) is 6.49. The molecular weight excluding hydrogens is 282 g/mol. The molecular formula is C17H26ClN3. The molecule has 0 aliphatic carbocycles. The summed E-state index contributed by atoms with van der Waals surface area (Å²) in [5.41, 5.74) is 8.00. The Morgan fingerprint density at radius 3 is 2.67 bits per heavy atom. The van der Waals surface area contributed by atoms with Gasteiger partial charge in [-0.05, 0) is 49.5 Å². The maximum Gasteiger partial charge on any atom is 0.0454 e. The second-order valence-electron chi connectivity index (χ2n) is 6.40. The second-order valence-corrected chi connectivity index (χ2v) is 6.81. The lowest BCUT2D eigenvalue weighted by atomic mass is 10.1. The molecule has 1 atom stereocenters. The van der Waals surface area contributed by atoms with Crippen molar-refractivity contribution in [2.45, 2.75) is 44.8 Å². The van der Waals surface area contributed by atoms with E-state index in [0.717, 1.165) is 23.2 Å². The topological polar surface area (TPSA) is 32.5 Å². The fourth-order valence-corrected chi connectivity index (χ4v) is 3.89. The molecule has 2 aliphatic heterocycles. The van der Waals surface area contributed by atoms with Gasteiger partial charge in [-0.25, -0.2) is 0 Å². The highest BCUT2D eigenvalue weighted by molar-refractivity contribution is 6.31. The molecule has 2 saturated heterocycles. The maximum atomic E-state index is 6.38. The first-order valence-electron chi connectivity index (χ1n) is 8.20. The van der Waals surface area contributed by atoms with Gasteiger partial charge in [-0.2, -0.15) is 0 Å². The Balaban J connectivity index is 1.56. The number of likely N-dealkylation sites (tertiary alicyclic amines) is 2. The Morgan fingerprint density at radius 2 is 1.95 bits per heavy atom. The van der Waals surface area contributed by atoms with Crippen LogP contribution in [0.1, 0.15) is 36.8 Å². The molecule has 21 heavy (non-hydrogen) atoms. The standard InChI is InChI=1S/C17H26ClN3/c18-17-10-14(11-19)4-5-15(17)12-20-9-6-16(13-20)21-7-2-1-3-8-21/h4-5,10,16H,1-3,6-9,11-13,19H2. The Hall–Kier alpha value is -0.610. The summed E-state index contributed by atoms with van der Waals surface area (Å²) in [7, 11) is 0. The summed E-state index contributed by atoms with van der Waals surface area (Å²) in [6.07, 6.45) is 5.47. The zero-order valence-corrected chi connectivity index (χ0v) is 13.5. The second kappa shape index (κ2) is 7.10. The van der Waals surface area contributed by atoms with Gasteiger partial charge in [0.25, 0.3) is 0 Å². The molecule has 0 aromatic heterocycles. The van der Waals surface area contributed by atoms with Gasteiger partial charge in [0.2, 0.25) is 0 Å². The molecule has 4 heteroatoms. The van der Waals surface area contributed by atoms with Gasteiger partial charge in [-0.3, -0.25) is 9.80 Å². The minimum atomic E-state index is 0.556. The third-order valence-corrected chi connectivity index (χ3v) is 5.25.